The summed E-state index contributed by atoms with van der Waals surface area (Å²) in [6, 6.07) is 2.41. The first-order valence-electron chi connectivity index (χ1n) is 6.24. The van der Waals surface area contributed by atoms with E-state index in [9.17, 15) is 0 Å². The Morgan fingerprint density at radius 1 is 1.41 bits per heavy atom. The molecule has 2 N–H and O–H groups in total. The van der Waals surface area contributed by atoms with Gasteiger partial charge in [0.05, 0.1) is 0 Å². The smallest absolute Gasteiger partial charge is 0.134 e. The molecule has 5 heteroatoms. The van der Waals surface area contributed by atoms with Gasteiger partial charge in [-0.3, -0.25) is 0 Å². The summed E-state index contributed by atoms with van der Waals surface area (Å²) in [5.74, 6) is 1.99. The van der Waals surface area contributed by atoms with Gasteiger partial charge < -0.3 is 15.5 Å². The average Bonchev–Trinajstić information content (AvgIpc) is 2.39. The van der Waals surface area contributed by atoms with Gasteiger partial charge in [0.2, 0.25) is 0 Å². The molecule has 0 unspecified atom stereocenters. The summed E-state index contributed by atoms with van der Waals surface area (Å²) >= 11 is 0. The predicted molar refractivity (Wildman–Crippen MR) is 70.4 cm³/mol. The van der Waals surface area contributed by atoms with Gasteiger partial charge in [-0.2, -0.15) is 0 Å². The number of aromatic nitrogens is 2. The fraction of sp³-hybridized carbons (Fsp3) is 0.667. The minimum atomic E-state index is 0.353. The number of hydrogen-bond donors (Lipinski definition) is 1. The monoisotopic (exact) mass is 235 g/mol. The molecule has 5 nitrogen and oxygen atoms in total. The van der Waals surface area contributed by atoms with E-state index in [0.717, 1.165) is 44.1 Å². The van der Waals surface area contributed by atoms with Gasteiger partial charge in [0.1, 0.15) is 18.0 Å². The van der Waals surface area contributed by atoms with E-state index in [1.807, 2.05) is 7.05 Å². The van der Waals surface area contributed by atoms with Crippen molar-refractivity contribution in [3.63, 3.8) is 0 Å². The number of piperidine rings is 1. The van der Waals surface area contributed by atoms with Crippen molar-refractivity contribution in [2.75, 3.05) is 36.5 Å². The molecular formula is C12H21N5. The van der Waals surface area contributed by atoms with Crippen LogP contribution in [0, 0.1) is 0 Å². The van der Waals surface area contributed by atoms with Gasteiger partial charge >= 0.3 is 0 Å². The molecule has 1 aliphatic rings. The van der Waals surface area contributed by atoms with Crippen molar-refractivity contribution in [3.05, 3.63) is 12.4 Å². The third-order valence-electron chi connectivity index (χ3n) is 3.37. The third-order valence-corrected chi connectivity index (χ3v) is 3.37. The molecule has 17 heavy (non-hydrogen) atoms. The lowest BCUT2D eigenvalue weighted by atomic mass is 10.1. The number of hydrogen-bond acceptors (Lipinski definition) is 5. The molecule has 2 rings (SSSR count). The van der Waals surface area contributed by atoms with E-state index in [4.69, 9.17) is 5.73 Å². The van der Waals surface area contributed by atoms with E-state index in [1.165, 1.54) is 0 Å². The molecule has 0 bridgehead atoms. The zero-order valence-corrected chi connectivity index (χ0v) is 10.6. The molecular weight excluding hydrogens is 214 g/mol. The minimum Gasteiger partial charge on any atom is -0.360 e. The van der Waals surface area contributed by atoms with Crippen LogP contribution >= 0.6 is 0 Å². The Hall–Kier alpha value is -1.36. The van der Waals surface area contributed by atoms with Crippen LogP contribution in [0.1, 0.15) is 19.8 Å². The first kappa shape index (κ1) is 12.1. The van der Waals surface area contributed by atoms with Gasteiger partial charge in [-0.05, 0) is 19.8 Å². The van der Waals surface area contributed by atoms with Crippen molar-refractivity contribution in [1.29, 1.82) is 0 Å². The first-order valence-corrected chi connectivity index (χ1v) is 6.24. The maximum Gasteiger partial charge on any atom is 0.134 e. The largest absolute Gasteiger partial charge is 0.360 e. The van der Waals surface area contributed by atoms with Gasteiger partial charge in [0.25, 0.3) is 0 Å². The molecule has 1 aromatic heterocycles. The van der Waals surface area contributed by atoms with Crippen LogP contribution < -0.4 is 15.5 Å². The highest BCUT2D eigenvalue weighted by atomic mass is 15.2. The summed E-state index contributed by atoms with van der Waals surface area (Å²) in [5, 5.41) is 0. The normalized spacial score (nSPS) is 17.2. The molecule has 94 valence electrons. The van der Waals surface area contributed by atoms with Gasteiger partial charge in [0, 0.05) is 38.8 Å². The van der Waals surface area contributed by atoms with Crippen LogP contribution in [0.4, 0.5) is 11.6 Å². The molecule has 1 aliphatic heterocycles. The van der Waals surface area contributed by atoms with E-state index in [2.05, 4.69) is 32.8 Å². The molecule has 0 saturated carbocycles. The maximum atomic E-state index is 5.91. The van der Waals surface area contributed by atoms with E-state index >= 15 is 0 Å². The number of rotatable bonds is 3. The van der Waals surface area contributed by atoms with E-state index in [-0.39, 0.29) is 0 Å². The van der Waals surface area contributed by atoms with Crippen LogP contribution in [-0.2, 0) is 0 Å². The molecule has 0 amide bonds. The van der Waals surface area contributed by atoms with Gasteiger partial charge in [-0.25, -0.2) is 9.97 Å². The Bertz CT molecular complexity index is 360. The Kier molecular flexibility index (Phi) is 3.78. The van der Waals surface area contributed by atoms with Crippen molar-refractivity contribution >= 4 is 11.6 Å². The zero-order valence-electron chi connectivity index (χ0n) is 10.6. The Labute approximate surface area is 103 Å². The third kappa shape index (κ3) is 2.85. The summed E-state index contributed by atoms with van der Waals surface area (Å²) in [6.07, 6.45) is 3.73. The second kappa shape index (κ2) is 5.31. The molecule has 1 fully saturated rings. The van der Waals surface area contributed by atoms with Crippen molar-refractivity contribution < 1.29 is 0 Å². The van der Waals surface area contributed by atoms with Gasteiger partial charge in [0.15, 0.2) is 0 Å². The lowest BCUT2D eigenvalue weighted by Crippen LogP contribution is -2.40. The van der Waals surface area contributed by atoms with Crippen LogP contribution in [0.5, 0.6) is 0 Å². The number of anilines is 2. The number of nitrogens with zero attached hydrogens (tertiary/aromatic N) is 4. The standard InChI is InChI=1S/C12H21N5/c1-3-16(2)11-8-12(15-9-14-11)17-6-4-10(13)5-7-17/h8-10H,3-7,13H2,1-2H3. The van der Waals surface area contributed by atoms with Crippen LogP contribution in [0.15, 0.2) is 12.4 Å². The summed E-state index contributed by atoms with van der Waals surface area (Å²) in [7, 11) is 2.04. The van der Waals surface area contributed by atoms with Crippen molar-refractivity contribution in [2.24, 2.45) is 5.73 Å². The molecule has 0 atom stereocenters. The van der Waals surface area contributed by atoms with E-state index in [0.29, 0.717) is 6.04 Å². The summed E-state index contributed by atoms with van der Waals surface area (Å²) in [4.78, 5) is 13.0. The van der Waals surface area contributed by atoms with Gasteiger partial charge in [-0.15, -0.1) is 0 Å². The Morgan fingerprint density at radius 3 is 2.76 bits per heavy atom. The second-order valence-corrected chi connectivity index (χ2v) is 4.57. The summed E-state index contributed by atoms with van der Waals surface area (Å²) in [5.41, 5.74) is 5.91. The molecule has 1 aromatic rings. The van der Waals surface area contributed by atoms with Crippen LogP contribution in [0.3, 0.4) is 0 Å². The average molecular weight is 235 g/mol. The SMILES string of the molecule is CCN(C)c1cc(N2CCC(N)CC2)ncn1. The second-order valence-electron chi connectivity index (χ2n) is 4.57. The summed E-state index contributed by atoms with van der Waals surface area (Å²) < 4.78 is 0. The highest BCUT2D eigenvalue weighted by Gasteiger charge is 2.17. The highest BCUT2D eigenvalue weighted by Crippen LogP contribution is 2.20. The Balaban J connectivity index is 2.10. The first-order chi connectivity index (χ1) is 8.20. The molecule has 2 heterocycles. The molecule has 0 aliphatic carbocycles. The maximum absolute atomic E-state index is 5.91. The van der Waals surface area contributed by atoms with Crippen LogP contribution in [-0.4, -0.2) is 42.7 Å². The lowest BCUT2D eigenvalue weighted by molar-refractivity contribution is 0.498. The number of nitrogens with two attached hydrogens (primary N) is 1. The highest BCUT2D eigenvalue weighted by molar-refractivity contribution is 5.49. The van der Waals surface area contributed by atoms with Crippen molar-refractivity contribution in [1.82, 2.24) is 9.97 Å². The minimum absolute atomic E-state index is 0.353. The van der Waals surface area contributed by atoms with Crippen LogP contribution in [0.25, 0.3) is 0 Å². The van der Waals surface area contributed by atoms with Gasteiger partial charge in [-0.1, -0.05) is 0 Å². The lowest BCUT2D eigenvalue weighted by Gasteiger charge is -2.31. The molecule has 1 saturated heterocycles. The molecule has 0 aromatic carbocycles. The van der Waals surface area contributed by atoms with Crippen LogP contribution in [0.2, 0.25) is 0 Å². The van der Waals surface area contributed by atoms with Crippen molar-refractivity contribution in [2.45, 2.75) is 25.8 Å². The van der Waals surface area contributed by atoms with Crippen molar-refractivity contribution in [3.8, 4) is 0 Å². The quantitative estimate of drug-likeness (QED) is 0.842. The fourth-order valence-corrected chi connectivity index (χ4v) is 2.01. The van der Waals surface area contributed by atoms with E-state index < -0.39 is 0 Å². The Morgan fingerprint density at radius 2 is 2.12 bits per heavy atom. The topological polar surface area (TPSA) is 58.3 Å². The zero-order chi connectivity index (χ0) is 12.3. The predicted octanol–water partition coefficient (Wildman–Crippen LogP) is 0.860. The molecule has 0 radical (unpaired) electrons. The van der Waals surface area contributed by atoms with E-state index in [1.54, 1.807) is 6.33 Å². The molecule has 0 spiro atoms. The fourth-order valence-electron chi connectivity index (χ4n) is 2.01. The summed E-state index contributed by atoms with van der Waals surface area (Å²) in [6.45, 7) is 5.05.